The lowest BCUT2D eigenvalue weighted by Crippen LogP contribution is -2.45. The molecule has 2 amide bonds. The number of cyclic esters (lactones) is 1. The van der Waals surface area contributed by atoms with Crippen LogP contribution in [0.1, 0.15) is 30.4 Å². The van der Waals surface area contributed by atoms with Crippen molar-refractivity contribution in [3.8, 4) is 0 Å². The minimum Gasteiger partial charge on any atom is -0.463 e. The summed E-state index contributed by atoms with van der Waals surface area (Å²) in [7, 11) is 0. The maximum atomic E-state index is 13.3. The van der Waals surface area contributed by atoms with Crippen molar-refractivity contribution in [1.82, 2.24) is 10.6 Å². The highest BCUT2D eigenvalue weighted by atomic mass is 32.2. The Labute approximate surface area is 240 Å². The zero-order valence-corrected chi connectivity index (χ0v) is 23.7. The maximum Gasteiger partial charge on any atom is 0.309 e. The number of ether oxygens (including phenoxy) is 2. The van der Waals surface area contributed by atoms with Gasteiger partial charge in [0.2, 0.25) is 11.8 Å². The predicted octanol–water partition coefficient (Wildman–Crippen LogP) is 3.29. The summed E-state index contributed by atoms with van der Waals surface area (Å²) < 4.78 is 10.9. The van der Waals surface area contributed by atoms with E-state index in [9.17, 15) is 14.4 Å². The molecule has 0 unspecified atom stereocenters. The molecular weight excluding hydrogens is 528 g/mol. The van der Waals surface area contributed by atoms with E-state index in [2.05, 4.69) is 22.8 Å². The van der Waals surface area contributed by atoms with E-state index in [0.29, 0.717) is 31.6 Å². The fourth-order valence-corrected chi connectivity index (χ4v) is 5.35. The molecule has 3 N–H and O–H groups in total. The monoisotopic (exact) mass is 568 g/mol. The number of aliphatic hydroxyl groups excluding tert-OH is 1. The molecule has 3 rings (SSSR count). The van der Waals surface area contributed by atoms with Gasteiger partial charge in [-0.25, -0.2) is 0 Å². The molecule has 0 radical (unpaired) electrons. The summed E-state index contributed by atoms with van der Waals surface area (Å²) in [6.45, 7) is 0.805. The molecule has 216 valence electrons. The highest BCUT2D eigenvalue weighted by Crippen LogP contribution is 2.19. The molecule has 0 fully saturated rings. The van der Waals surface area contributed by atoms with E-state index in [0.717, 1.165) is 11.3 Å². The van der Waals surface area contributed by atoms with Gasteiger partial charge in [0.1, 0.15) is 6.61 Å². The number of aliphatic hydroxyl groups is 1. The average Bonchev–Trinajstić information content (AvgIpc) is 2.97. The first-order chi connectivity index (χ1) is 19.5. The second-order valence-electron chi connectivity index (χ2n) is 9.75. The largest absolute Gasteiger partial charge is 0.463 e. The fraction of sp³-hybridized carbons (Fsp3) is 0.452. The number of carbonyl (C=O) groups is 3. The standard InChI is InChI=1S/C31H40N2O6S/c34-16-18-38-17-15-32-29(35)20-26-13-7-8-14-27(19-24-9-3-1-4-10-24)31(37)39-21-28(33-30(26)36)23-40-22-25-11-5-2-6-12-25/h1-12,26-28,34H,13-23H2,(H,32,35)(H,33,36)/t26-,27-,28-/m1/s1. The van der Waals surface area contributed by atoms with Crippen LogP contribution in [0, 0.1) is 11.8 Å². The van der Waals surface area contributed by atoms with Gasteiger partial charge in [0.25, 0.3) is 0 Å². The average molecular weight is 569 g/mol. The maximum absolute atomic E-state index is 13.3. The number of thioether (sulfide) groups is 1. The van der Waals surface area contributed by atoms with Crippen LogP contribution in [0.15, 0.2) is 72.8 Å². The van der Waals surface area contributed by atoms with Gasteiger partial charge < -0.3 is 25.2 Å². The molecule has 0 aromatic heterocycles. The third-order valence-corrected chi connectivity index (χ3v) is 7.65. The van der Waals surface area contributed by atoms with Gasteiger partial charge in [-0.2, -0.15) is 11.8 Å². The highest BCUT2D eigenvalue weighted by molar-refractivity contribution is 7.98. The second-order valence-corrected chi connectivity index (χ2v) is 10.8. The molecule has 0 spiro atoms. The van der Waals surface area contributed by atoms with Crippen LogP contribution in [0.3, 0.4) is 0 Å². The molecular formula is C31H40N2O6S. The second kappa shape index (κ2) is 18.3. The van der Waals surface area contributed by atoms with Gasteiger partial charge in [-0.05, 0) is 30.4 Å². The van der Waals surface area contributed by atoms with Gasteiger partial charge in [-0.1, -0.05) is 72.8 Å². The number of allylic oxidation sites excluding steroid dienone is 2. The van der Waals surface area contributed by atoms with E-state index in [1.165, 1.54) is 5.56 Å². The number of nitrogens with one attached hydrogen (secondary N) is 2. The molecule has 0 saturated carbocycles. The quantitative estimate of drug-likeness (QED) is 0.193. The molecule has 40 heavy (non-hydrogen) atoms. The van der Waals surface area contributed by atoms with E-state index in [-0.39, 0.29) is 62.6 Å². The van der Waals surface area contributed by atoms with E-state index in [4.69, 9.17) is 14.6 Å². The van der Waals surface area contributed by atoms with Crippen molar-refractivity contribution in [3.63, 3.8) is 0 Å². The van der Waals surface area contributed by atoms with Gasteiger partial charge in [0.05, 0.1) is 37.7 Å². The lowest BCUT2D eigenvalue weighted by atomic mass is 9.94. The molecule has 9 heteroatoms. The van der Waals surface area contributed by atoms with Crippen molar-refractivity contribution >= 4 is 29.5 Å². The van der Waals surface area contributed by atoms with Crippen LogP contribution in [0.5, 0.6) is 0 Å². The Kier molecular flexibility index (Phi) is 14.3. The Hall–Kier alpha value is -3.14. The first-order valence-corrected chi connectivity index (χ1v) is 14.9. The first kappa shape index (κ1) is 31.4. The molecule has 2 aromatic carbocycles. The Bertz CT molecular complexity index is 1070. The van der Waals surface area contributed by atoms with Crippen LogP contribution in [-0.4, -0.2) is 67.7 Å². The summed E-state index contributed by atoms with van der Waals surface area (Å²) in [5, 5.41) is 14.6. The molecule has 1 aliphatic rings. The van der Waals surface area contributed by atoms with Crippen molar-refractivity contribution in [2.45, 2.75) is 37.5 Å². The summed E-state index contributed by atoms with van der Waals surface area (Å²) in [6.07, 6.45) is 5.26. The van der Waals surface area contributed by atoms with Crippen LogP contribution in [0.2, 0.25) is 0 Å². The summed E-state index contributed by atoms with van der Waals surface area (Å²) >= 11 is 1.66. The summed E-state index contributed by atoms with van der Waals surface area (Å²) in [4.78, 5) is 38.9. The molecule has 2 aromatic rings. The Morgan fingerprint density at radius 3 is 2.35 bits per heavy atom. The lowest BCUT2D eigenvalue weighted by molar-refractivity contribution is -0.149. The van der Waals surface area contributed by atoms with Crippen molar-refractivity contribution in [2.75, 3.05) is 38.7 Å². The molecule has 0 saturated heterocycles. The van der Waals surface area contributed by atoms with Crippen LogP contribution in [0.4, 0.5) is 0 Å². The number of esters is 1. The molecule has 0 aliphatic carbocycles. The van der Waals surface area contributed by atoms with E-state index in [1.807, 2.05) is 60.7 Å². The minimum absolute atomic E-state index is 0.0350. The minimum atomic E-state index is -0.557. The predicted molar refractivity (Wildman–Crippen MR) is 157 cm³/mol. The van der Waals surface area contributed by atoms with Crippen molar-refractivity contribution in [3.05, 3.63) is 83.9 Å². The first-order valence-electron chi connectivity index (χ1n) is 13.8. The lowest BCUT2D eigenvalue weighted by Gasteiger charge is -2.24. The molecule has 1 heterocycles. The third-order valence-electron chi connectivity index (χ3n) is 6.48. The smallest absolute Gasteiger partial charge is 0.309 e. The Morgan fingerprint density at radius 2 is 1.65 bits per heavy atom. The number of hydrogen-bond donors (Lipinski definition) is 3. The number of benzene rings is 2. The Balaban J connectivity index is 1.67. The third kappa shape index (κ3) is 11.9. The van der Waals surface area contributed by atoms with Gasteiger partial charge in [0, 0.05) is 24.5 Å². The summed E-state index contributed by atoms with van der Waals surface area (Å²) in [5.41, 5.74) is 2.24. The molecule has 1 aliphatic heterocycles. The zero-order chi connectivity index (χ0) is 28.4. The van der Waals surface area contributed by atoms with Crippen LogP contribution in [-0.2, 0) is 36.0 Å². The van der Waals surface area contributed by atoms with Gasteiger partial charge in [0.15, 0.2) is 0 Å². The van der Waals surface area contributed by atoms with Gasteiger partial charge >= 0.3 is 5.97 Å². The Morgan fingerprint density at radius 1 is 0.975 bits per heavy atom. The normalized spacial score (nSPS) is 20.1. The van der Waals surface area contributed by atoms with E-state index in [1.54, 1.807) is 11.8 Å². The van der Waals surface area contributed by atoms with Crippen LogP contribution < -0.4 is 10.6 Å². The number of amides is 2. The summed E-state index contributed by atoms with van der Waals surface area (Å²) in [5.74, 6) is -0.318. The fourth-order valence-electron chi connectivity index (χ4n) is 4.34. The van der Waals surface area contributed by atoms with Gasteiger partial charge in [-0.15, -0.1) is 0 Å². The SMILES string of the molecule is O=C(C[C@H]1CC=CC[C@H](Cc2ccccc2)C(=O)OC[C@H](CSCc2ccccc2)NC1=O)NCCOCCO. The highest BCUT2D eigenvalue weighted by Gasteiger charge is 2.26. The van der Waals surface area contributed by atoms with Crippen LogP contribution in [0.25, 0.3) is 0 Å². The van der Waals surface area contributed by atoms with E-state index >= 15 is 0 Å². The van der Waals surface area contributed by atoms with E-state index < -0.39 is 5.92 Å². The topological polar surface area (TPSA) is 114 Å². The molecule has 3 atom stereocenters. The van der Waals surface area contributed by atoms with Crippen molar-refractivity contribution < 1.29 is 29.0 Å². The van der Waals surface area contributed by atoms with Gasteiger partial charge in [-0.3, -0.25) is 14.4 Å². The summed E-state index contributed by atoms with van der Waals surface area (Å²) in [6, 6.07) is 19.5. The number of carbonyl (C=O) groups excluding carboxylic acids is 3. The number of rotatable bonds is 13. The van der Waals surface area contributed by atoms with Crippen LogP contribution >= 0.6 is 11.8 Å². The number of hydrogen-bond acceptors (Lipinski definition) is 7. The zero-order valence-electron chi connectivity index (χ0n) is 22.8. The van der Waals surface area contributed by atoms with Crippen molar-refractivity contribution in [2.24, 2.45) is 11.8 Å². The molecule has 0 bridgehead atoms. The molecule has 8 nitrogen and oxygen atoms in total. The van der Waals surface area contributed by atoms with Crippen molar-refractivity contribution in [1.29, 1.82) is 0 Å².